The lowest BCUT2D eigenvalue weighted by Crippen LogP contribution is -2.22. The molecule has 116 valence electrons. The second-order valence-corrected chi connectivity index (χ2v) is 5.51. The molecule has 0 amide bonds. The zero-order valence-corrected chi connectivity index (χ0v) is 13.3. The number of hydrogen-bond donors (Lipinski definition) is 0. The van der Waals surface area contributed by atoms with Crippen LogP contribution in [0, 0.1) is 0 Å². The maximum Gasteiger partial charge on any atom is 0.198 e. The number of carbonyl (C=O) groups is 2. The van der Waals surface area contributed by atoms with Gasteiger partial charge >= 0.3 is 0 Å². The third-order valence-electron chi connectivity index (χ3n) is 4.03. The van der Waals surface area contributed by atoms with Gasteiger partial charge in [-0.25, -0.2) is 0 Å². The van der Waals surface area contributed by atoms with Crippen LogP contribution in [0.4, 0.5) is 0 Å². The second kappa shape index (κ2) is 6.21. The van der Waals surface area contributed by atoms with Crippen molar-refractivity contribution in [1.82, 2.24) is 0 Å². The van der Waals surface area contributed by atoms with E-state index in [1.807, 2.05) is 18.2 Å². The predicted molar refractivity (Wildman–Crippen MR) is 90.2 cm³/mol. The number of fused-ring (bicyclic) bond motifs is 2. The summed E-state index contributed by atoms with van der Waals surface area (Å²) < 4.78 is 5.48. The van der Waals surface area contributed by atoms with Gasteiger partial charge < -0.3 is 4.74 Å². The summed E-state index contributed by atoms with van der Waals surface area (Å²) >= 11 is 0. The van der Waals surface area contributed by atoms with Gasteiger partial charge in [0, 0.05) is 22.3 Å². The van der Waals surface area contributed by atoms with Crippen LogP contribution in [-0.4, -0.2) is 18.7 Å². The van der Waals surface area contributed by atoms with Crippen LogP contribution in [0.2, 0.25) is 0 Å². The largest absolute Gasteiger partial charge is 0.495 e. The fourth-order valence-corrected chi connectivity index (χ4v) is 2.90. The molecule has 0 aromatic heterocycles. The molecular formula is C20H18O3. The lowest BCUT2D eigenvalue weighted by Gasteiger charge is -2.20. The van der Waals surface area contributed by atoms with Crippen LogP contribution in [0.3, 0.4) is 0 Å². The van der Waals surface area contributed by atoms with E-state index in [0.29, 0.717) is 28.0 Å². The van der Waals surface area contributed by atoms with Crippen LogP contribution in [0.15, 0.2) is 42.5 Å². The van der Waals surface area contributed by atoms with Crippen LogP contribution in [-0.2, 0) is 0 Å². The summed E-state index contributed by atoms with van der Waals surface area (Å²) in [6.45, 7) is 2.10. The molecule has 0 aliphatic heterocycles. The SMILES string of the molecule is CCC/C=C/c1ccc2c(c1OC)C(=O)c1ccccc1C2=O. The van der Waals surface area contributed by atoms with Crippen molar-refractivity contribution < 1.29 is 14.3 Å². The lowest BCUT2D eigenvalue weighted by molar-refractivity contribution is 0.0976. The first-order valence-electron chi connectivity index (χ1n) is 7.75. The zero-order valence-electron chi connectivity index (χ0n) is 13.3. The van der Waals surface area contributed by atoms with Gasteiger partial charge in [0.15, 0.2) is 11.6 Å². The minimum atomic E-state index is -0.155. The van der Waals surface area contributed by atoms with Crippen molar-refractivity contribution in [2.45, 2.75) is 19.8 Å². The van der Waals surface area contributed by atoms with Crippen molar-refractivity contribution in [1.29, 1.82) is 0 Å². The van der Waals surface area contributed by atoms with Crippen LogP contribution in [0.25, 0.3) is 6.08 Å². The molecule has 0 spiro atoms. The molecule has 23 heavy (non-hydrogen) atoms. The Labute approximate surface area is 135 Å². The highest BCUT2D eigenvalue weighted by Gasteiger charge is 2.32. The van der Waals surface area contributed by atoms with Gasteiger partial charge in [-0.1, -0.05) is 55.8 Å². The molecule has 1 aliphatic carbocycles. The Balaban J connectivity index is 2.19. The standard InChI is InChI=1S/C20H18O3/c1-3-4-5-8-13-11-12-16-17(20(13)23-2)19(22)15-10-7-6-9-14(15)18(16)21/h5-12H,3-4H2,1-2H3/b8-5+. The summed E-state index contributed by atoms with van der Waals surface area (Å²) in [7, 11) is 1.53. The number of unbranched alkanes of at least 4 members (excludes halogenated alkanes) is 1. The number of ether oxygens (including phenoxy) is 1. The number of methoxy groups -OCH3 is 1. The summed E-state index contributed by atoms with van der Waals surface area (Å²) in [5.74, 6) is 0.193. The summed E-state index contributed by atoms with van der Waals surface area (Å²) in [5, 5.41) is 0. The summed E-state index contributed by atoms with van der Waals surface area (Å²) in [6.07, 6.45) is 6.00. The monoisotopic (exact) mass is 306 g/mol. The first kappa shape index (κ1) is 15.2. The first-order valence-corrected chi connectivity index (χ1v) is 7.75. The van der Waals surface area contributed by atoms with Gasteiger partial charge in [0.2, 0.25) is 0 Å². The highest BCUT2D eigenvalue weighted by atomic mass is 16.5. The van der Waals surface area contributed by atoms with E-state index in [1.165, 1.54) is 7.11 Å². The van der Waals surface area contributed by atoms with E-state index in [9.17, 15) is 9.59 Å². The third kappa shape index (κ3) is 2.48. The predicted octanol–water partition coefficient (Wildman–Crippen LogP) is 4.28. The molecule has 0 atom stereocenters. The van der Waals surface area contributed by atoms with Gasteiger partial charge in [-0.3, -0.25) is 9.59 Å². The molecule has 0 saturated carbocycles. The third-order valence-corrected chi connectivity index (χ3v) is 4.03. The molecule has 2 aromatic carbocycles. The molecule has 0 fully saturated rings. The average molecular weight is 306 g/mol. The zero-order chi connectivity index (χ0) is 16.4. The molecule has 0 unspecified atom stereocenters. The lowest BCUT2D eigenvalue weighted by atomic mass is 9.82. The summed E-state index contributed by atoms with van der Waals surface area (Å²) in [6, 6.07) is 10.5. The normalized spacial score (nSPS) is 13.1. The van der Waals surface area contributed by atoms with Gasteiger partial charge in [-0.15, -0.1) is 0 Å². The van der Waals surface area contributed by atoms with Gasteiger partial charge in [0.05, 0.1) is 12.7 Å². The van der Waals surface area contributed by atoms with Crippen molar-refractivity contribution in [3.63, 3.8) is 0 Å². The number of rotatable bonds is 4. The molecule has 0 heterocycles. The van der Waals surface area contributed by atoms with Crippen LogP contribution in [0.1, 0.15) is 57.2 Å². The number of benzene rings is 2. The van der Waals surface area contributed by atoms with Crippen molar-refractivity contribution >= 4 is 17.6 Å². The Bertz CT molecular complexity index is 816. The van der Waals surface area contributed by atoms with E-state index in [4.69, 9.17) is 4.74 Å². The molecule has 0 bridgehead atoms. The van der Waals surface area contributed by atoms with E-state index < -0.39 is 0 Å². The molecule has 0 saturated heterocycles. The fourth-order valence-electron chi connectivity index (χ4n) is 2.90. The smallest absolute Gasteiger partial charge is 0.198 e. The Morgan fingerprint density at radius 2 is 1.65 bits per heavy atom. The van der Waals surface area contributed by atoms with Crippen LogP contribution < -0.4 is 4.74 Å². The van der Waals surface area contributed by atoms with E-state index in [-0.39, 0.29) is 11.6 Å². The Morgan fingerprint density at radius 1 is 0.957 bits per heavy atom. The second-order valence-electron chi connectivity index (χ2n) is 5.51. The van der Waals surface area contributed by atoms with E-state index in [0.717, 1.165) is 18.4 Å². The van der Waals surface area contributed by atoms with E-state index in [1.54, 1.807) is 30.3 Å². The maximum absolute atomic E-state index is 12.9. The van der Waals surface area contributed by atoms with Gasteiger partial charge in [0.25, 0.3) is 0 Å². The van der Waals surface area contributed by atoms with Gasteiger partial charge in [0.1, 0.15) is 5.75 Å². The van der Waals surface area contributed by atoms with Gasteiger partial charge in [-0.05, 0) is 12.5 Å². The molecule has 3 nitrogen and oxygen atoms in total. The Kier molecular flexibility index (Phi) is 4.11. The minimum Gasteiger partial charge on any atom is -0.495 e. The molecule has 2 aromatic rings. The Morgan fingerprint density at radius 3 is 2.30 bits per heavy atom. The number of ketones is 2. The van der Waals surface area contributed by atoms with Crippen LogP contribution in [0.5, 0.6) is 5.75 Å². The Hall–Kier alpha value is -2.68. The summed E-state index contributed by atoms with van der Waals surface area (Å²) in [4.78, 5) is 25.5. The first-order chi connectivity index (χ1) is 11.2. The average Bonchev–Trinajstić information content (AvgIpc) is 2.59. The topological polar surface area (TPSA) is 43.4 Å². The molecule has 1 aliphatic rings. The number of allylic oxidation sites excluding steroid dienone is 1. The maximum atomic E-state index is 12.9. The van der Waals surface area contributed by atoms with Crippen LogP contribution >= 0.6 is 0 Å². The fraction of sp³-hybridized carbons (Fsp3) is 0.200. The molecule has 3 rings (SSSR count). The van der Waals surface area contributed by atoms with Crippen molar-refractivity contribution in [2.75, 3.05) is 7.11 Å². The molecule has 0 radical (unpaired) electrons. The number of hydrogen-bond acceptors (Lipinski definition) is 3. The van der Waals surface area contributed by atoms with Gasteiger partial charge in [-0.2, -0.15) is 0 Å². The van der Waals surface area contributed by atoms with E-state index in [2.05, 4.69) is 6.92 Å². The molecular weight excluding hydrogens is 288 g/mol. The highest BCUT2D eigenvalue weighted by Crippen LogP contribution is 2.36. The quantitative estimate of drug-likeness (QED) is 0.722. The molecule has 0 N–H and O–H groups in total. The van der Waals surface area contributed by atoms with Crippen molar-refractivity contribution in [2.24, 2.45) is 0 Å². The van der Waals surface area contributed by atoms with Crippen molar-refractivity contribution in [3.8, 4) is 5.75 Å². The minimum absolute atomic E-state index is 0.127. The van der Waals surface area contributed by atoms with E-state index >= 15 is 0 Å². The number of carbonyl (C=O) groups excluding carboxylic acids is 2. The highest BCUT2D eigenvalue weighted by molar-refractivity contribution is 6.29. The molecule has 3 heteroatoms. The summed E-state index contributed by atoms with van der Waals surface area (Å²) in [5.41, 5.74) is 2.51. The van der Waals surface area contributed by atoms with Crippen molar-refractivity contribution in [3.05, 3.63) is 70.3 Å².